The molecular formula is C19H22N4O5S3. The van der Waals surface area contributed by atoms with E-state index in [0.29, 0.717) is 18.4 Å². The van der Waals surface area contributed by atoms with E-state index in [1.165, 1.54) is 18.3 Å². The molecule has 1 aliphatic carbocycles. The van der Waals surface area contributed by atoms with Crippen molar-refractivity contribution in [3.8, 4) is 0 Å². The number of nitrogens with zero attached hydrogens (tertiary/aromatic N) is 3. The molecule has 1 N–H and O–H groups in total. The number of amides is 1. The number of thiazole rings is 1. The van der Waals surface area contributed by atoms with Crippen molar-refractivity contribution in [3.05, 3.63) is 36.0 Å². The SMILES string of the molecule is CS(=O)(=O)c1cnc(NC(=O)C(=NN2CCCC2)c2ccc(S(=O)(=O)C3CC3)cc2)s1. The van der Waals surface area contributed by atoms with E-state index >= 15 is 0 Å². The van der Waals surface area contributed by atoms with E-state index in [1.54, 1.807) is 17.1 Å². The van der Waals surface area contributed by atoms with Crippen molar-refractivity contribution >= 4 is 47.8 Å². The van der Waals surface area contributed by atoms with Gasteiger partial charge < -0.3 is 0 Å². The highest BCUT2D eigenvalue weighted by molar-refractivity contribution is 7.93. The van der Waals surface area contributed by atoms with Crippen molar-refractivity contribution in [1.29, 1.82) is 0 Å². The Bertz CT molecular complexity index is 1220. The molecule has 1 aromatic carbocycles. The molecule has 2 fully saturated rings. The maximum absolute atomic E-state index is 13.0. The summed E-state index contributed by atoms with van der Waals surface area (Å²) in [7, 11) is -6.75. The Labute approximate surface area is 185 Å². The fourth-order valence-electron chi connectivity index (χ4n) is 3.19. The van der Waals surface area contributed by atoms with Crippen LogP contribution >= 0.6 is 11.3 Å². The number of rotatable bonds is 7. The number of aromatic nitrogens is 1. The van der Waals surface area contributed by atoms with Crippen LogP contribution in [-0.2, 0) is 24.5 Å². The third kappa shape index (κ3) is 4.96. The molecule has 1 aromatic heterocycles. The zero-order valence-corrected chi connectivity index (χ0v) is 19.3. The van der Waals surface area contributed by atoms with E-state index in [-0.39, 0.29) is 25.2 Å². The van der Waals surface area contributed by atoms with Crippen molar-refractivity contribution in [2.45, 2.75) is 40.0 Å². The number of hydrazone groups is 1. The van der Waals surface area contributed by atoms with Gasteiger partial charge in [-0.05, 0) is 37.8 Å². The highest BCUT2D eigenvalue weighted by Gasteiger charge is 2.36. The lowest BCUT2D eigenvalue weighted by molar-refractivity contribution is -0.110. The summed E-state index contributed by atoms with van der Waals surface area (Å²) in [5, 5.41) is 8.73. The molecule has 0 spiro atoms. The fraction of sp³-hybridized carbons (Fsp3) is 0.421. The Morgan fingerprint density at radius 2 is 1.77 bits per heavy atom. The minimum absolute atomic E-state index is 0.0514. The first-order valence-electron chi connectivity index (χ1n) is 9.80. The number of sulfone groups is 2. The Morgan fingerprint density at radius 1 is 1.13 bits per heavy atom. The van der Waals surface area contributed by atoms with Gasteiger partial charge in [0.1, 0.15) is 4.21 Å². The molecule has 2 heterocycles. The van der Waals surface area contributed by atoms with Crippen LogP contribution in [0.2, 0.25) is 0 Å². The summed E-state index contributed by atoms with van der Waals surface area (Å²) < 4.78 is 48.3. The lowest BCUT2D eigenvalue weighted by atomic mass is 10.1. The summed E-state index contributed by atoms with van der Waals surface area (Å²) in [4.78, 5) is 17.2. The largest absolute Gasteiger partial charge is 0.296 e. The Balaban J connectivity index is 1.61. The van der Waals surface area contributed by atoms with Gasteiger partial charge in [0, 0.05) is 24.9 Å². The molecule has 0 atom stereocenters. The normalized spacial score (nSPS) is 17.7. The molecule has 9 nitrogen and oxygen atoms in total. The molecule has 31 heavy (non-hydrogen) atoms. The molecule has 1 saturated heterocycles. The molecule has 12 heteroatoms. The summed E-state index contributed by atoms with van der Waals surface area (Å²) in [6, 6.07) is 6.16. The number of carbonyl (C=O) groups excluding carboxylic acids is 1. The van der Waals surface area contributed by atoms with E-state index in [0.717, 1.165) is 43.5 Å². The highest BCUT2D eigenvalue weighted by Crippen LogP contribution is 2.33. The van der Waals surface area contributed by atoms with Crippen molar-refractivity contribution in [1.82, 2.24) is 9.99 Å². The molecule has 166 valence electrons. The first-order valence-corrected chi connectivity index (χ1v) is 14.0. The third-order valence-electron chi connectivity index (χ3n) is 5.03. The number of hydrogen-bond donors (Lipinski definition) is 1. The number of nitrogens with one attached hydrogen (secondary N) is 1. The number of anilines is 1. The van der Waals surface area contributed by atoms with E-state index in [4.69, 9.17) is 0 Å². The fourth-order valence-corrected chi connectivity index (χ4v) is 6.48. The molecule has 0 bridgehead atoms. The van der Waals surface area contributed by atoms with Crippen LogP contribution in [0.3, 0.4) is 0 Å². The predicted molar refractivity (Wildman–Crippen MR) is 118 cm³/mol. The van der Waals surface area contributed by atoms with Gasteiger partial charge in [0.15, 0.2) is 30.5 Å². The molecule has 0 radical (unpaired) electrons. The number of carbonyl (C=O) groups is 1. The van der Waals surface area contributed by atoms with Crippen LogP contribution in [0.15, 0.2) is 44.7 Å². The van der Waals surface area contributed by atoms with Crippen molar-refractivity contribution in [3.63, 3.8) is 0 Å². The first kappa shape index (κ1) is 21.9. The Kier molecular flexibility index (Phi) is 5.88. The van der Waals surface area contributed by atoms with Crippen LogP contribution in [0.4, 0.5) is 5.13 Å². The van der Waals surface area contributed by atoms with Gasteiger partial charge in [0.25, 0.3) is 5.91 Å². The molecule has 0 unspecified atom stereocenters. The highest BCUT2D eigenvalue weighted by atomic mass is 32.2. The number of hydrogen-bond acceptors (Lipinski definition) is 9. The van der Waals surface area contributed by atoms with Gasteiger partial charge in [-0.3, -0.25) is 15.1 Å². The molecule has 2 aromatic rings. The lowest BCUT2D eigenvalue weighted by Gasteiger charge is -2.14. The molecule has 1 saturated carbocycles. The van der Waals surface area contributed by atoms with Crippen LogP contribution in [0, 0.1) is 0 Å². The zero-order valence-electron chi connectivity index (χ0n) is 16.8. The van der Waals surface area contributed by atoms with Gasteiger partial charge in [-0.2, -0.15) is 5.10 Å². The lowest BCUT2D eigenvalue weighted by Crippen LogP contribution is -2.27. The zero-order chi connectivity index (χ0) is 22.2. The van der Waals surface area contributed by atoms with Gasteiger partial charge in [-0.15, -0.1) is 0 Å². The minimum atomic E-state index is -3.42. The van der Waals surface area contributed by atoms with Crippen LogP contribution in [0.1, 0.15) is 31.2 Å². The summed E-state index contributed by atoms with van der Waals surface area (Å²) in [5.74, 6) is -0.542. The van der Waals surface area contributed by atoms with Crippen molar-refractivity contribution in [2.24, 2.45) is 5.10 Å². The Morgan fingerprint density at radius 3 is 2.32 bits per heavy atom. The second-order valence-corrected chi connectivity index (χ2v) is 13.1. The van der Waals surface area contributed by atoms with Crippen LogP contribution < -0.4 is 5.32 Å². The van der Waals surface area contributed by atoms with Crippen LogP contribution in [0.5, 0.6) is 0 Å². The van der Waals surface area contributed by atoms with Gasteiger partial charge in [0.05, 0.1) is 16.3 Å². The van der Waals surface area contributed by atoms with Gasteiger partial charge in [-0.1, -0.05) is 23.5 Å². The third-order valence-corrected chi connectivity index (χ3v) is 10.0. The molecule has 1 aliphatic heterocycles. The topological polar surface area (TPSA) is 126 Å². The maximum atomic E-state index is 13.0. The number of benzene rings is 1. The van der Waals surface area contributed by atoms with Crippen LogP contribution in [-0.4, -0.2) is 63.0 Å². The molecule has 2 aliphatic rings. The van der Waals surface area contributed by atoms with Crippen molar-refractivity contribution in [2.75, 3.05) is 24.7 Å². The van der Waals surface area contributed by atoms with E-state index in [9.17, 15) is 21.6 Å². The second-order valence-electron chi connectivity index (χ2n) is 7.59. The smallest absolute Gasteiger partial charge is 0.278 e. The molecular weight excluding hydrogens is 460 g/mol. The molecule has 4 rings (SSSR count). The first-order chi connectivity index (χ1) is 14.6. The maximum Gasteiger partial charge on any atom is 0.278 e. The van der Waals surface area contributed by atoms with E-state index < -0.39 is 25.6 Å². The average Bonchev–Trinajstić information content (AvgIpc) is 3.26. The van der Waals surface area contributed by atoms with E-state index in [1.807, 2.05) is 0 Å². The van der Waals surface area contributed by atoms with Gasteiger partial charge in [0.2, 0.25) is 0 Å². The summed E-state index contributed by atoms with van der Waals surface area (Å²) in [5.41, 5.74) is 0.590. The quantitative estimate of drug-likeness (QED) is 0.598. The summed E-state index contributed by atoms with van der Waals surface area (Å²) in [6.45, 7) is 1.45. The van der Waals surface area contributed by atoms with Crippen molar-refractivity contribution < 1.29 is 21.6 Å². The summed E-state index contributed by atoms with van der Waals surface area (Å²) in [6.07, 6.45) is 5.57. The van der Waals surface area contributed by atoms with E-state index in [2.05, 4.69) is 15.4 Å². The van der Waals surface area contributed by atoms with Gasteiger partial charge in [-0.25, -0.2) is 21.8 Å². The van der Waals surface area contributed by atoms with Crippen LogP contribution in [0.25, 0.3) is 0 Å². The second kappa shape index (κ2) is 8.32. The Hall–Kier alpha value is -2.31. The van der Waals surface area contributed by atoms with Gasteiger partial charge >= 0.3 is 0 Å². The predicted octanol–water partition coefficient (Wildman–Crippen LogP) is 1.92. The monoisotopic (exact) mass is 482 g/mol. The minimum Gasteiger partial charge on any atom is -0.296 e. The summed E-state index contributed by atoms with van der Waals surface area (Å²) >= 11 is 0.861. The molecule has 1 amide bonds. The average molecular weight is 483 g/mol. The standard InChI is InChI=1S/C19H22N4O5S3/c1-30(25,26)16-12-20-19(29-16)21-18(24)17(22-23-10-2-3-11-23)13-4-6-14(7-5-13)31(27,28)15-8-9-15/h4-7,12,15H,2-3,8-11H2,1H3,(H,20,21,24).